The normalized spacial score (nSPS) is 30.4. The predicted molar refractivity (Wildman–Crippen MR) is 35.4 cm³/mol. The molecular formula is C5H12NO2S+. The zero-order valence-corrected chi connectivity index (χ0v) is 6.61. The van der Waals surface area contributed by atoms with Crippen molar-refractivity contribution in [2.45, 2.75) is 6.42 Å². The first-order valence-corrected chi connectivity index (χ1v) is 4.62. The van der Waals surface area contributed by atoms with Gasteiger partial charge < -0.3 is 0 Å². The molecule has 1 aliphatic heterocycles. The molecule has 0 aromatic rings. The first-order valence-electron chi connectivity index (χ1n) is 3.02. The van der Waals surface area contributed by atoms with E-state index < -0.39 is 10.0 Å². The average molecular weight is 150 g/mol. The standard InChI is InChI=1S/C5H12NO2S/c1-6(2)4-3-5-9(6,7)8/h3-5H2,1-2H3/q+1. The van der Waals surface area contributed by atoms with Crippen molar-refractivity contribution in [1.29, 1.82) is 0 Å². The van der Waals surface area contributed by atoms with Gasteiger partial charge in [0.15, 0.2) is 0 Å². The molecule has 0 saturated carbocycles. The van der Waals surface area contributed by atoms with Gasteiger partial charge in [0.25, 0.3) is 10.0 Å². The van der Waals surface area contributed by atoms with Crippen LogP contribution in [0.25, 0.3) is 0 Å². The lowest BCUT2D eigenvalue weighted by Gasteiger charge is -2.20. The molecule has 4 heteroatoms. The van der Waals surface area contributed by atoms with E-state index in [1.54, 1.807) is 14.1 Å². The van der Waals surface area contributed by atoms with E-state index in [1.165, 1.54) is 0 Å². The van der Waals surface area contributed by atoms with Gasteiger partial charge in [-0.05, 0) is 0 Å². The van der Waals surface area contributed by atoms with Gasteiger partial charge in [0.1, 0.15) is 5.75 Å². The van der Waals surface area contributed by atoms with E-state index >= 15 is 0 Å². The second-order valence-electron chi connectivity index (χ2n) is 2.94. The van der Waals surface area contributed by atoms with Gasteiger partial charge in [-0.2, -0.15) is 8.42 Å². The van der Waals surface area contributed by atoms with Crippen molar-refractivity contribution >= 4 is 10.0 Å². The summed E-state index contributed by atoms with van der Waals surface area (Å²) in [6, 6.07) is 0. The SMILES string of the molecule is C[N+]1(C)CCCS1(=O)=O. The smallest absolute Gasteiger partial charge is 0.223 e. The fourth-order valence-corrected chi connectivity index (χ4v) is 2.41. The van der Waals surface area contributed by atoms with E-state index in [-0.39, 0.29) is 3.89 Å². The first-order chi connectivity index (χ1) is 3.96. The van der Waals surface area contributed by atoms with E-state index in [2.05, 4.69) is 0 Å². The van der Waals surface area contributed by atoms with Crippen molar-refractivity contribution in [3.05, 3.63) is 0 Å². The summed E-state index contributed by atoms with van der Waals surface area (Å²) < 4.78 is 22.3. The summed E-state index contributed by atoms with van der Waals surface area (Å²) in [6.07, 6.45) is 0.815. The summed E-state index contributed by atoms with van der Waals surface area (Å²) in [6.45, 7) is 0.766. The van der Waals surface area contributed by atoms with Crippen LogP contribution in [0.4, 0.5) is 0 Å². The molecule has 9 heavy (non-hydrogen) atoms. The zero-order valence-electron chi connectivity index (χ0n) is 5.79. The Hall–Kier alpha value is -0.0900. The summed E-state index contributed by atoms with van der Waals surface area (Å²) in [5, 5.41) is 0. The van der Waals surface area contributed by atoms with Crippen LogP contribution in [0.1, 0.15) is 6.42 Å². The van der Waals surface area contributed by atoms with Crippen molar-refractivity contribution in [2.75, 3.05) is 26.4 Å². The van der Waals surface area contributed by atoms with Crippen LogP contribution in [-0.2, 0) is 10.0 Å². The third-order valence-corrected chi connectivity index (χ3v) is 4.35. The third-order valence-electron chi connectivity index (χ3n) is 1.85. The van der Waals surface area contributed by atoms with E-state index in [1.807, 2.05) is 0 Å². The number of nitrogens with zero attached hydrogens (tertiary/aromatic N) is 1. The second-order valence-corrected chi connectivity index (χ2v) is 5.50. The molecular weight excluding hydrogens is 138 g/mol. The quantitative estimate of drug-likeness (QED) is 0.448. The maximum Gasteiger partial charge on any atom is 0.296 e. The highest BCUT2D eigenvalue weighted by atomic mass is 32.2. The molecule has 1 fully saturated rings. The summed E-state index contributed by atoms with van der Waals surface area (Å²) in [4.78, 5) is 0. The van der Waals surface area contributed by atoms with Crippen LogP contribution in [0.2, 0.25) is 0 Å². The Bertz CT molecular complexity index is 205. The van der Waals surface area contributed by atoms with E-state index in [9.17, 15) is 8.42 Å². The monoisotopic (exact) mass is 150 g/mol. The van der Waals surface area contributed by atoms with Crippen molar-refractivity contribution in [2.24, 2.45) is 0 Å². The molecule has 0 bridgehead atoms. The second kappa shape index (κ2) is 1.70. The Labute approximate surface area is 55.9 Å². The average Bonchev–Trinajstić information content (AvgIpc) is 1.81. The summed E-state index contributed by atoms with van der Waals surface area (Å²) >= 11 is 0. The van der Waals surface area contributed by atoms with Gasteiger partial charge in [-0.3, -0.25) is 0 Å². The maximum absolute atomic E-state index is 11.1. The number of rotatable bonds is 0. The molecule has 0 aliphatic carbocycles. The van der Waals surface area contributed by atoms with Crippen LogP contribution < -0.4 is 0 Å². The lowest BCUT2D eigenvalue weighted by atomic mass is 10.5. The summed E-state index contributed by atoms with van der Waals surface area (Å²) in [5.74, 6) is 0.361. The van der Waals surface area contributed by atoms with Gasteiger partial charge in [-0.15, -0.1) is 0 Å². The Morgan fingerprint density at radius 3 is 2.00 bits per heavy atom. The van der Waals surface area contributed by atoms with Crippen molar-refractivity contribution in [3.8, 4) is 0 Å². The fourth-order valence-electron chi connectivity index (χ4n) is 1.01. The van der Waals surface area contributed by atoms with Gasteiger partial charge in [0.2, 0.25) is 0 Å². The highest BCUT2D eigenvalue weighted by Crippen LogP contribution is 2.18. The molecule has 0 aromatic heterocycles. The largest absolute Gasteiger partial charge is 0.296 e. The molecule has 1 saturated heterocycles. The highest BCUT2D eigenvalue weighted by molar-refractivity contribution is 7.86. The van der Waals surface area contributed by atoms with Gasteiger partial charge >= 0.3 is 0 Å². The molecule has 0 amide bonds. The van der Waals surface area contributed by atoms with Crippen LogP contribution in [0.5, 0.6) is 0 Å². The molecule has 1 heterocycles. The van der Waals surface area contributed by atoms with Gasteiger partial charge in [-0.25, -0.2) is 3.89 Å². The van der Waals surface area contributed by atoms with Crippen molar-refractivity contribution in [3.63, 3.8) is 0 Å². The van der Waals surface area contributed by atoms with Crippen LogP contribution in [0.3, 0.4) is 0 Å². The predicted octanol–water partition coefficient (Wildman–Crippen LogP) is -0.204. The molecule has 0 radical (unpaired) electrons. The molecule has 0 atom stereocenters. The maximum atomic E-state index is 11.1. The van der Waals surface area contributed by atoms with E-state index in [4.69, 9.17) is 0 Å². The van der Waals surface area contributed by atoms with Gasteiger partial charge in [-0.1, -0.05) is 0 Å². The molecule has 54 valence electrons. The van der Waals surface area contributed by atoms with E-state index in [0.29, 0.717) is 5.75 Å². The lowest BCUT2D eigenvalue weighted by molar-refractivity contribution is -0.755. The third kappa shape index (κ3) is 0.966. The Morgan fingerprint density at radius 2 is 1.89 bits per heavy atom. The molecule has 1 aliphatic rings. The zero-order chi connectivity index (χ0) is 7.12. The number of hydrogen-bond acceptors (Lipinski definition) is 2. The highest BCUT2D eigenvalue weighted by Gasteiger charge is 2.38. The number of quaternary nitrogens is 1. The topological polar surface area (TPSA) is 34.1 Å². The van der Waals surface area contributed by atoms with Crippen LogP contribution >= 0.6 is 0 Å². The van der Waals surface area contributed by atoms with Gasteiger partial charge in [0, 0.05) is 6.42 Å². The fraction of sp³-hybridized carbons (Fsp3) is 1.00. The Morgan fingerprint density at radius 1 is 1.33 bits per heavy atom. The molecule has 0 aromatic carbocycles. The number of hydrogen-bond donors (Lipinski definition) is 0. The van der Waals surface area contributed by atoms with Crippen LogP contribution in [0, 0.1) is 0 Å². The first kappa shape index (κ1) is 7.02. The van der Waals surface area contributed by atoms with E-state index in [0.717, 1.165) is 13.0 Å². The summed E-state index contributed by atoms with van der Waals surface area (Å²) in [7, 11) is 0.690. The molecule has 3 nitrogen and oxygen atoms in total. The molecule has 0 unspecified atom stereocenters. The lowest BCUT2D eigenvalue weighted by Crippen LogP contribution is -2.40. The van der Waals surface area contributed by atoms with Crippen LogP contribution in [-0.4, -0.2) is 38.7 Å². The number of sulfonamides is 1. The minimum atomic E-state index is -2.79. The summed E-state index contributed by atoms with van der Waals surface area (Å²) in [5.41, 5.74) is 0. The molecule has 0 N–H and O–H groups in total. The Kier molecular flexibility index (Phi) is 1.33. The minimum absolute atomic E-state index is 0.174. The van der Waals surface area contributed by atoms with Crippen molar-refractivity contribution < 1.29 is 12.3 Å². The van der Waals surface area contributed by atoms with Gasteiger partial charge in [0.05, 0.1) is 20.6 Å². The van der Waals surface area contributed by atoms with Crippen LogP contribution in [0.15, 0.2) is 0 Å². The minimum Gasteiger partial charge on any atom is -0.223 e. The molecule has 1 rings (SSSR count). The molecule has 0 spiro atoms. The Balaban J connectivity index is 3.03. The van der Waals surface area contributed by atoms with Crippen molar-refractivity contribution in [1.82, 2.24) is 0 Å².